The number of carboxylic acids is 1. The summed E-state index contributed by atoms with van der Waals surface area (Å²) in [5.74, 6) is -1.76. The Hall–Kier alpha value is -2.20. The lowest BCUT2D eigenvalue weighted by Crippen LogP contribution is -2.65. The van der Waals surface area contributed by atoms with Crippen LogP contribution in [0.2, 0.25) is 0 Å². The zero-order chi connectivity index (χ0) is 17.9. The van der Waals surface area contributed by atoms with Crippen LogP contribution < -0.4 is 10.1 Å². The Morgan fingerprint density at radius 1 is 1.25 bits per heavy atom. The minimum Gasteiger partial charge on any atom is -0.478 e. The van der Waals surface area contributed by atoms with E-state index in [9.17, 15) is 30.0 Å². The molecule has 0 unspecified atom stereocenters. The van der Waals surface area contributed by atoms with Gasteiger partial charge in [0, 0.05) is 6.92 Å². The van der Waals surface area contributed by atoms with Crippen molar-refractivity contribution in [2.45, 2.75) is 37.6 Å². The zero-order valence-corrected chi connectivity index (χ0v) is 12.8. The summed E-state index contributed by atoms with van der Waals surface area (Å²) in [5, 5.41) is 40.9. The molecule has 0 aromatic heterocycles. The van der Waals surface area contributed by atoms with Crippen LogP contribution in [0.4, 0.5) is 0 Å². The average molecular weight is 341 g/mol. The third-order valence-corrected chi connectivity index (χ3v) is 3.61. The van der Waals surface area contributed by atoms with Gasteiger partial charge in [0.1, 0.15) is 35.7 Å². The molecule has 1 aliphatic rings. The van der Waals surface area contributed by atoms with Crippen molar-refractivity contribution < 1.29 is 39.5 Å². The van der Waals surface area contributed by atoms with E-state index in [0.717, 1.165) is 0 Å². The number of benzene rings is 1. The molecule has 1 aromatic carbocycles. The van der Waals surface area contributed by atoms with Gasteiger partial charge in [-0.15, -0.1) is 0 Å². The summed E-state index contributed by atoms with van der Waals surface area (Å²) in [7, 11) is 0. The van der Waals surface area contributed by atoms with Crippen molar-refractivity contribution in [3.8, 4) is 5.75 Å². The smallest absolute Gasteiger partial charge is 0.339 e. The highest BCUT2D eigenvalue weighted by molar-refractivity contribution is 5.90. The fraction of sp³-hybridized carbons (Fsp3) is 0.467. The van der Waals surface area contributed by atoms with Crippen molar-refractivity contribution in [2.75, 3.05) is 6.61 Å². The predicted molar refractivity (Wildman–Crippen MR) is 79.4 cm³/mol. The molecule has 0 spiro atoms. The number of aliphatic hydroxyl groups is 3. The van der Waals surface area contributed by atoms with Gasteiger partial charge in [-0.1, -0.05) is 12.1 Å². The summed E-state index contributed by atoms with van der Waals surface area (Å²) in [6, 6.07) is 4.62. The fourth-order valence-electron chi connectivity index (χ4n) is 2.44. The molecule has 1 aliphatic heterocycles. The normalized spacial score (nSPS) is 29.8. The highest BCUT2D eigenvalue weighted by Crippen LogP contribution is 2.26. The number of hydrogen-bond acceptors (Lipinski definition) is 7. The molecule has 5 atom stereocenters. The second kappa shape index (κ2) is 7.58. The van der Waals surface area contributed by atoms with Gasteiger partial charge in [-0.05, 0) is 12.1 Å². The molecule has 24 heavy (non-hydrogen) atoms. The number of aliphatic hydroxyl groups excluding tert-OH is 3. The van der Waals surface area contributed by atoms with Crippen LogP contribution in [0, 0.1) is 0 Å². The van der Waals surface area contributed by atoms with Crippen molar-refractivity contribution >= 4 is 11.9 Å². The number of hydrogen-bond donors (Lipinski definition) is 5. The van der Waals surface area contributed by atoms with Gasteiger partial charge in [-0.3, -0.25) is 4.79 Å². The lowest BCUT2D eigenvalue weighted by Gasteiger charge is -2.42. The molecule has 0 saturated carbocycles. The molecule has 1 amide bonds. The first kappa shape index (κ1) is 18.1. The van der Waals surface area contributed by atoms with Crippen molar-refractivity contribution in [3.63, 3.8) is 0 Å². The van der Waals surface area contributed by atoms with E-state index in [1.165, 1.54) is 25.1 Å². The van der Waals surface area contributed by atoms with Crippen LogP contribution in [0.15, 0.2) is 24.3 Å². The second-order valence-corrected chi connectivity index (χ2v) is 5.35. The van der Waals surface area contributed by atoms with E-state index in [4.69, 9.17) is 9.47 Å². The van der Waals surface area contributed by atoms with Crippen molar-refractivity contribution in [1.29, 1.82) is 0 Å². The number of aromatic carboxylic acids is 1. The Balaban J connectivity index is 2.30. The van der Waals surface area contributed by atoms with Gasteiger partial charge in [0.05, 0.1) is 6.61 Å². The maximum atomic E-state index is 11.3. The Bertz CT molecular complexity index is 607. The van der Waals surface area contributed by atoms with Gasteiger partial charge in [0.2, 0.25) is 12.2 Å². The number of amides is 1. The highest BCUT2D eigenvalue weighted by Gasteiger charge is 2.46. The summed E-state index contributed by atoms with van der Waals surface area (Å²) in [4.78, 5) is 22.6. The maximum Gasteiger partial charge on any atom is 0.339 e. The van der Waals surface area contributed by atoms with Crippen LogP contribution in [0.5, 0.6) is 5.75 Å². The molecule has 1 saturated heterocycles. The molecule has 5 N–H and O–H groups in total. The van der Waals surface area contributed by atoms with Crippen LogP contribution in [-0.4, -0.2) is 69.6 Å². The summed E-state index contributed by atoms with van der Waals surface area (Å²) in [6.07, 6.45) is -5.36. The third kappa shape index (κ3) is 3.82. The van der Waals surface area contributed by atoms with Gasteiger partial charge in [0.15, 0.2) is 0 Å². The maximum absolute atomic E-state index is 11.3. The quantitative estimate of drug-likeness (QED) is 0.445. The van der Waals surface area contributed by atoms with E-state index < -0.39 is 49.1 Å². The number of ether oxygens (including phenoxy) is 2. The number of carbonyl (C=O) groups is 2. The SMILES string of the molecule is CC(=O)N[C@@H]1[C@@H](Oc2ccccc2C(=O)O)O[C@H](CO)[C@H](O)[C@@H]1O. The number of carbonyl (C=O) groups excluding carboxylic acids is 1. The molecule has 0 radical (unpaired) electrons. The lowest BCUT2D eigenvalue weighted by molar-refractivity contribution is -0.244. The molecule has 9 heteroatoms. The standard InChI is InChI=1S/C15H19NO8/c1-7(18)16-11-13(20)12(19)10(6-17)24-15(11)23-9-5-3-2-4-8(9)14(21)22/h2-5,10-13,15,17,19-20H,6H2,1H3,(H,16,18)(H,21,22)/t10-,11+,12+,13-,15+/m1/s1. The molecule has 0 bridgehead atoms. The molecule has 0 aliphatic carbocycles. The first-order chi connectivity index (χ1) is 11.3. The van der Waals surface area contributed by atoms with Crippen molar-refractivity contribution in [3.05, 3.63) is 29.8 Å². The Morgan fingerprint density at radius 2 is 1.92 bits per heavy atom. The van der Waals surface area contributed by atoms with Gasteiger partial charge in [-0.25, -0.2) is 4.79 Å². The Morgan fingerprint density at radius 3 is 2.50 bits per heavy atom. The van der Waals surface area contributed by atoms with E-state index in [1.54, 1.807) is 6.07 Å². The summed E-state index contributed by atoms with van der Waals surface area (Å²) in [6.45, 7) is 0.616. The number of nitrogens with one attached hydrogen (secondary N) is 1. The van der Waals surface area contributed by atoms with Crippen molar-refractivity contribution in [1.82, 2.24) is 5.32 Å². The Labute approximate surface area is 137 Å². The monoisotopic (exact) mass is 341 g/mol. The van der Waals surface area contributed by atoms with Crippen LogP contribution >= 0.6 is 0 Å². The second-order valence-electron chi connectivity index (χ2n) is 5.35. The number of rotatable bonds is 5. The topological polar surface area (TPSA) is 146 Å². The third-order valence-electron chi connectivity index (χ3n) is 3.61. The largest absolute Gasteiger partial charge is 0.478 e. The van der Waals surface area contributed by atoms with Crippen LogP contribution in [-0.2, 0) is 9.53 Å². The molecule has 2 rings (SSSR count). The predicted octanol–water partition coefficient (Wildman–Crippen LogP) is -1.29. The lowest BCUT2D eigenvalue weighted by atomic mass is 9.97. The van der Waals surface area contributed by atoms with Gasteiger partial charge in [-0.2, -0.15) is 0 Å². The highest BCUT2D eigenvalue weighted by atomic mass is 16.7. The number of para-hydroxylation sites is 1. The molecule has 9 nitrogen and oxygen atoms in total. The molecular formula is C15H19NO8. The molecule has 1 fully saturated rings. The van der Waals surface area contributed by atoms with Gasteiger partial charge >= 0.3 is 5.97 Å². The van der Waals surface area contributed by atoms with E-state index in [0.29, 0.717) is 0 Å². The van der Waals surface area contributed by atoms with Crippen LogP contribution in [0.1, 0.15) is 17.3 Å². The first-order valence-corrected chi connectivity index (χ1v) is 7.23. The summed E-state index contributed by atoms with van der Waals surface area (Å²) in [5.41, 5.74) is -0.135. The molecule has 1 aromatic rings. The van der Waals surface area contributed by atoms with E-state index in [-0.39, 0.29) is 11.3 Å². The number of carboxylic acid groups (broad SMARTS) is 1. The molecular weight excluding hydrogens is 322 g/mol. The molecule has 132 valence electrons. The van der Waals surface area contributed by atoms with Crippen molar-refractivity contribution in [2.24, 2.45) is 0 Å². The minimum atomic E-state index is -1.47. The van der Waals surface area contributed by atoms with Gasteiger partial charge in [0.25, 0.3) is 0 Å². The van der Waals surface area contributed by atoms with Gasteiger partial charge < -0.3 is 35.2 Å². The van der Waals surface area contributed by atoms with E-state index in [2.05, 4.69) is 5.32 Å². The summed E-state index contributed by atoms with van der Waals surface area (Å²) < 4.78 is 10.9. The average Bonchev–Trinajstić information content (AvgIpc) is 2.54. The Kier molecular flexibility index (Phi) is 5.73. The fourth-order valence-corrected chi connectivity index (χ4v) is 2.44. The molecule has 1 heterocycles. The van der Waals surface area contributed by atoms with Crippen LogP contribution in [0.3, 0.4) is 0 Å². The first-order valence-electron chi connectivity index (χ1n) is 7.23. The zero-order valence-electron chi connectivity index (χ0n) is 12.8. The minimum absolute atomic E-state index is 0.0365. The van der Waals surface area contributed by atoms with E-state index >= 15 is 0 Å². The summed E-state index contributed by atoms with van der Waals surface area (Å²) >= 11 is 0. The van der Waals surface area contributed by atoms with Crippen LogP contribution in [0.25, 0.3) is 0 Å². The van der Waals surface area contributed by atoms with E-state index in [1.807, 2.05) is 0 Å².